The first-order chi connectivity index (χ1) is 12.7. The van der Waals surface area contributed by atoms with Gasteiger partial charge in [-0.1, -0.05) is 0 Å². The van der Waals surface area contributed by atoms with Crippen LogP contribution in [-0.2, 0) is 13.0 Å². The second kappa shape index (κ2) is 8.77. The number of benzene rings is 1. The molecule has 4 rings (SSSR count). The van der Waals surface area contributed by atoms with Crippen LogP contribution in [0.25, 0.3) is 0 Å². The standard InChI is InChI=1S/C18H24N6O2.HI/c1-12-22-23-17-6-3-13(11-24(12)17)10-20-18(19)21-14-4-5-15-16(9-14)26-8-2-7-25-15;/h4-5,9,13H,2-3,6-8,10-11H2,1H3,(H3,19,20,21);1H. The number of nitrogens with two attached hydrogens (primary N) is 1. The molecule has 2 aliphatic heterocycles. The molecule has 27 heavy (non-hydrogen) atoms. The van der Waals surface area contributed by atoms with E-state index in [4.69, 9.17) is 15.2 Å². The topological polar surface area (TPSA) is 99.6 Å². The fourth-order valence-electron chi connectivity index (χ4n) is 3.33. The summed E-state index contributed by atoms with van der Waals surface area (Å²) in [6, 6.07) is 5.72. The minimum atomic E-state index is 0. The molecule has 0 bridgehead atoms. The van der Waals surface area contributed by atoms with E-state index in [1.54, 1.807) is 0 Å². The zero-order valence-corrected chi connectivity index (χ0v) is 17.7. The van der Waals surface area contributed by atoms with Gasteiger partial charge in [-0.3, -0.25) is 4.99 Å². The van der Waals surface area contributed by atoms with E-state index in [2.05, 4.69) is 25.1 Å². The molecule has 1 unspecified atom stereocenters. The van der Waals surface area contributed by atoms with E-state index >= 15 is 0 Å². The molecular weight excluding hydrogens is 459 g/mol. The summed E-state index contributed by atoms with van der Waals surface area (Å²) in [7, 11) is 0. The number of hydrogen-bond donors (Lipinski definition) is 2. The van der Waals surface area contributed by atoms with Crippen molar-refractivity contribution in [3.8, 4) is 11.5 Å². The van der Waals surface area contributed by atoms with Crippen LogP contribution in [0.3, 0.4) is 0 Å². The third-order valence-corrected chi connectivity index (χ3v) is 4.77. The number of nitrogens with one attached hydrogen (secondary N) is 1. The van der Waals surface area contributed by atoms with E-state index in [1.807, 2.05) is 25.1 Å². The molecule has 2 aromatic rings. The van der Waals surface area contributed by atoms with Gasteiger partial charge in [-0.25, -0.2) is 0 Å². The zero-order valence-electron chi connectivity index (χ0n) is 15.4. The number of hydrogen-bond acceptors (Lipinski definition) is 5. The van der Waals surface area contributed by atoms with E-state index in [0.717, 1.165) is 54.6 Å². The van der Waals surface area contributed by atoms with Crippen LogP contribution in [0.4, 0.5) is 5.69 Å². The molecular formula is C18H25IN6O2. The Morgan fingerprint density at radius 3 is 2.96 bits per heavy atom. The van der Waals surface area contributed by atoms with E-state index in [0.29, 0.717) is 31.6 Å². The molecule has 0 saturated heterocycles. The van der Waals surface area contributed by atoms with Crippen LogP contribution in [0.1, 0.15) is 24.5 Å². The Hall–Kier alpha value is -2.04. The van der Waals surface area contributed by atoms with Gasteiger partial charge in [-0.2, -0.15) is 0 Å². The van der Waals surface area contributed by atoms with Crippen LogP contribution in [0.5, 0.6) is 11.5 Å². The molecule has 1 aromatic heterocycles. The number of aliphatic imine (C=N–C) groups is 1. The van der Waals surface area contributed by atoms with E-state index < -0.39 is 0 Å². The zero-order chi connectivity index (χ0) is 17.9. The summed E-state index contributed by atoms with van der Waals surface area (Å²) in [5.74, 6) is 4.40. The largest absolute Gasteiger partial charge is 0.490 e. The van der Waals surface area contributed by atoms with Crippen molar-refractivity contribution in [3.63, 3.8) is 0 Å². The number of guanidine groups is 1. The van der Waals surface area contributed by atoms with Crippen LogP contribution >= 0.6 is 24.0 Å². The summed E-state index contributed by atoms with van der Waals surface area (Å²) in [6.07, 6.45) is 2.88. The van der Waals surface area contributed by atoms with E-state index in [-0.39, 0.29) is 24.0 Å². The highest BCUT2D eigenvalue weighted by molar-refractivity contribution is 14.0. The van der Waals surface area contributed by atoms with Crippen molar-refractivity contribution in [2.24, 2.45) is 16.6 Å². The monoisotopic (exact) mass is 484 g/mol. The molecule has 0 amide bonds. The Morgan fingerprint density at radius 2 is 2.11 bits per heavy atom. The molecule has 0 radical (unpaired) electrons. The van der Waals surface area contributed by atoms with Crippen LogP contribution in [0.15, 0.2) is 23.2 Å². The number of ether oxygens (including phenoxy) is 2. The Balaban J connectivity index is 0.00000210. The maximum Gasteiger partial charge on any atom is 0.193 e. The first-order valence-corrected chi connectivity index (χ1v) is 9.04. The smallest absolute Gasteiger partial charge is 0.193 e. The van der Waals surface area contributed by atoms with Gasteiger partial charge < -0.3 is 25.1 Å². The van der Waals surface area contributed by atoms with Crippen LogP contribution < -0.4 is 20.5 Å². The lowest BCUT2D eigenvalue weighted by Crippen LogP contribution is -2.27. The van der Waals surface area contributed by atoms with Crippen LogP contribution in [0.2, 0.25) is 0 Å². The molecule has 1 atom stereocenters. The highest BCUT2D eigenvalue weighted by Gasteiger charge is 2.21. The number of rotatable bonds is 3. The quantitative estimate of drug-likeness (QED) is 0.394. The summed E-state index contributed by atoms with van der Waals surface area (Å²) in [5, 5.41) is 11.5. The summed E-state index contributed by atoms with van der Waals surface area (Å²) < 4.78 is 13.5. The van der Waals surface area contributed by atoms with Gasteiger partial charge >= 0.3 is 0 Å². The number of halogens is 1. The number of aryl methyl sites for hydroxylation is 2. The molecule has 9 heteroatoms. The second-order valence-electron chi connectivity index (χ2n) is 6.74. The SMILES string of the molecule is Cc1nnc2n1CC(CN=C(N)Nc1ccc3c(c1)OCCCO3)CC2.I. The molecule has 8 nitrogen and oxygen atoms in total. The molecule has 3 N–H and O–H groups in total. The highest BCUT2D eigenvalue weighted by atomic mass is 127. The van der Waals surface area contributed by atoms with Gasteiger partial charge in [0.15, 0.2) is 17.5 Å². The van der Waals surface area contributed by atoms with Crippen molar-refractivity contribution in [2.75, 3.05) is 25.1 Å². The Labute approximate surface area is 175 Å². The average molecular weight is 484 g/mol. The fourth-order valence-corrected chi connectivity index (χ4v) is 3.33. The molecule has 0 fully saturated rings. The predicted molar refractivity (Wildman–Crippen MR) is 114 cm³/mol. The molecule has 3 heterocycles. The molecule has 146 valence electrons. The van der Waals surface area contributed by atoms with Gasteiger partial charge in [0.25, 0.3) is 0 Å². The van der Waals surface area contributed by atoms with E-state index in [1.165, 1.54) is 0 Å². The maximum atomic E-state index is 6.07. The Morgan fingerprint density at radius 1 is 1.30 bits per heavy atom. The van der Waals surface area contributed by atoms with Gasteiger partial charge in [0.2, 0.25) is 0 Å². The number of nitrogens with zero attached hydrogens (tertiary/aromatic N) is 4. The van der Waals surface area contributed by atoms with Crippen molar-refractivity contribution >= 4 is 35.6 Å². The Bertz CT molecular complexity index is 822. The predicted octanol–water partition coefficient (Wildman–Crippen LogP) is 2.36. The summed E-state index contributed by atoms with van der Waals surface area (Å²) in [4.78, 5) is 4.52. The third kappa shape index (κ3) is 4.63. The summed E-state index contributed by atoms with van der Waals surface area (Å²) >= 11 is 0. The highest BCUT2D eigenvalue weighted by Crippen LogP contribution is 2.32. The summed E-state index contributed by atoms with van der Waals surface area (Å²) in [6.45, 7) is 4.90. The van der Waals surface area contributed by atoms with Gasteiger partial charge in [0.1, 0.15) is 11.6 Å². The normalized spacial score (nSPS) is 18.9. The van der Waals surface area contributed by atoms with Gasteiger partial charge in [0, 0.05) is 37.7 Å². The third-order valence-electron chi connectivity index (χ3n) is 4.77. The van der Waals surface area contributed by atoms with Crippen molar-refractivity contribution in [3.05, 3.63) is 29.8 Å². The number of fused-ring (bicyclic) bond motifs is 2. The lowest BCUT2D eigenvalue weighted by molar-refractivity contribution is 0.297. The van der Waals surface area contributed by atoms with Gasteiger partial charge in [-0.15, -0.1) is 34.2 Å². The van der Waals surface area contributed by atoms with Gasteiger partial charge in [0.05, 0.1) is 13.2 Å². The minimum Gasteiger partial charge on any atom is -0.490 e. The van der Waals surface area contributed by atoms with Crippen molar-refractivity contribution in [1.29, 1.82) is 0 Å². The second-order valence-corrected chi connectivity index (χ2v) is 6.74. The molecule has 0 saturated carbocycles. The lowest BCUT2D eigenvalue weighted by atomic mass is 9.99. The average Bonchev–Trinajstić information content (AvgIpc) is 2.86. The van der Waals surface area contributed by atoms with Crippen molar-refractivity contribution in [2.45, 2.75) is 32.7 Å². The number of anilines is 1. The van der Waals surface area contributed by atoms with Crippen LogP contribution in [-0.4, -0.2) is 40.5 Å². The minimum absolute atomic E-state index is 0. The lowest BCUT2D eigenvalue weighted by Gasteiger charge is -2.22. The summed E-state index contributed by atoms with van der Waals surface area (Å²) in [5.41, 5.74) is 6.91. The fraction of sp³-hybridized carbons (Fsp3) is 0.500. The first kappa shape index (κ1) is 19.7. The maximum absolute atomic E-state index is 6.07. The molecule has 0 aliphatic carbocycles. The van der Waals surface area contributed by atoms with E-state index in [9.17, 15) is 0 Å². The van der Waals surface area contributed by atoms with Crippen molar-refractivity contribution in [1.82, 2.24) is 14.8 Å². The molecule has 2 aliphatic rings. The Kier molecular flexibility index (Phi) is 6.40. The van der Waals surface area contributed by atoms with Crippen molar-refractivity contribution < 1.29 is 9.47 Å². The number of aromatic nitrogens is 3. The molecule has 0 spiro atoms. The first-order valence-electron chi connectivity index (χ1n) is 9.04. The van der Waals surface area contributed by atoms with Crippen LogP contribution in [0, 0.1) is 12.8 Å². The van der Waals surface area contributed by atoms with Gasteiger partial charge in [-0.05, 0) is 31.4 Å². The molecule has 1 aromatic carbocycles.